The number of amides is 1. The maximum atomic E-state index is 14.3. The lowest BCUT2D eigenvalue weighted by Crippen LogP contribution is -2.47. The molecule has 0 bridgehead atoms. The van der Waals surface area contributed by atoms with Crippen molar-refractivity contribution in [3.63, 3.8) is 0 Å². The third kappa shape index (κ3) is 5.00. The highest BCUT2D eigenvalue weighted by molar-refractivity contribution is 7.13. The average molecular weight is 563 g/mol. The van der Waals surface area contributed by atoms with Crippen molar-refractivity contribution in [2.24, 2.45) is 0 Å². The Morgan fingerprint density at radius 1 is 1.08 bits per heavy atom. The van der Waals surface area contributed by atoms with Crippen molar-refractivity contribution in [2.75, 3.05) is 26.2 Å². The van der Waals surface area contributed by atoms with E-state index in [1.54, 1.807) is 28.5 Å². The fourth-order valence-corrected chi connectivity index (χ4v) is 6.15. The standard InChI is InChI=1S/C30H31ClN4O3S/c1-4-19-7-6-8-20(5-2)26(19)35-18(3)24(29(37)34-15-13-32-14-16-34)27(36)25(30(35)38)28-33-23(17-39-28)21-9-11-22(31)12-10-21/h6-12,17,32,36H,4-5,13-16H2,1-3H3. The van der Waals surface area contributed by atoms with E-state index in [1.165, 1.54) is 11.3 Å². The summed E-state index contributed by atoms with van der Waals surface area (Å²) in [7, 11) is 0. The molecular formula is C30H31ClN4O3S. The molecule has 2 N–H and O–H groups in total. The summed E-state index contributed by atoms with van der Waals surface area (Å²) in [4.78, 5) is 34.6. The van der Waals surface area contributed by atoms with E-state index in [9.17, 15) is 14.7 Å². The van der Waals surface area contributed by atoms with Crippen molar-refractivity contribution < 1.29 is 9.90 Å². The van der Waals surface area contributed by atoms with Gasteiger partial charge in [-0.3, -0.25) is 14.2 Å². The molecule has 39 heavy (non-hydrogen) atoms. The second-order valence-corrected chi connectivity index (χ2v) is 10.8. The summed E-state index contributed by atoms with van der Waals surface area (Å²) in [6.07, 6.45) is 1.43. The minimum Gasteiger partial charge on any atom is -0.506 e. The molecule has 9 heteroatoms. The van der Waals surface area contributed by atoms with Crippen LogP contribution in [-0.4, -0.2) is 51.6 Å². The molecule has 202 valence electrons. The Bertz CT molecular complexity index is 1560. The number of nitrogens with one attached hydrogen (secondary N) is 1. The molecule has 3 heterocycles. The molecule has 1 saturated heterocycles. The van der Waals surface area contributed by atoms with Gasteiger partial charge in [0.05, 0.1) is 11.4 Å². The maximum absolute atomic E-state index is 14.3. The Labute approximate surface area is 236 Å². The van der Waals surface area contributed by atoms with E-state index < -0.39 is 5.56 Å². The number of aromatic nitrogens is 2. The van der Waals surface area contributed by atoms with Gasteiger partial charge in [0.2, 0.25) is 0 Å². The quantitative estimate of drug-likeness (QED) is 0.325. The zero-order valence-corrected chi connectivity index (χ0v) is 23.8. The van der Waals surface area contributed by atoms with Crippen LogP contribution in [0.15, 0.2) is 52.6 Å². The molecule has 0 spiro atoms. The summed E-state index contributed by atoms with van der Waals surface area (Å²) in [6, 6.07) is 13.3. The minimum atomic E-state index is -0.394. The van der Waals surface area contributed by atoms with E-state index in [-0.39, 0.29) is 22.8 Å². The molecule has 1 amide bonds. The summed E-state index contributed by atoms with van der Waals surface area (Å²) in [5, 5.41) is 17.7. The molecule has 0 unspecified atom stereocenters. The van der Waals surface area contributed by atoms with Gasteiger partial charge in [-0.2, -0.15) is 0 Å². The Kier molecular flexibility index (Phi) is 7.88. The molecule has 1 aliphatic rings. The number of rotatable bonds is 6. The first-order valence-corrected chi connectivity index (χ1v) is 14.4. The summed E-state index contributed by atoms with van der Waals surface area (Å²) >= 11 is 7.32. The fraction of sp³-hybridized carbons (Fsp3) is 0.300. The van der Waals surface area contributed by atoms with E-state index in [1.807, 2.05) is 49.6 Å². The Morgan fingerprint density at radius 2 is 1.72 bits per heavy atom. The van der Waals surface area contributed by atoms with Gasteiger partial charge in [-0.25, -0.2) is 4.98 Å². The van der Waals surface area contributed by atoms with Crippen molar-refractivity contribution in [1.82, 2.24) is 19.8 Å². The maximum Gasteiger partial charge on any atom is 0.269 e. The van der Waals surface area contributed by atoms with Crippen molar-refractivity contribution in [1.29, 1.82) is 0 Å². The van der Waals surface area contributed by atoms with Crippen LogP contribution in [0.3, 0.4) is 0 Å². The number of benzene rings is 2. The highest BCUT2D eigenvalue weighted by atomic mass is 35.5. The number of piperazine rings is 1. The van der Waals surface area contributed by atoms with Gasteiger partial charge in [-0.1, -0.05) is 55.8 Å². The van der Waals surface area contributed by atoms with E-state index in [0.717, 1.165) is 22.4 Å². The van der Waals surface area contributed by atoms with E-state index in [2.05, 4.69) is 5.32 Å². The lowest BCUT2D eigenvalue weighted by atomic mass is 10.00. The van der Waals surface area contributed by atoms with Crippen molar-refractivity contribution in [2.45, 2.75) is 33.6 Å². The van der Waals surface area contributed by atoms with Gasteiger partial charge >= 0.3 is 0 Å². The molecule has 2 aromatic carbocycles. The zero-order chi connectivity index (χ0) is 27.7. The number of hydrogen-bond donors (Lipinski definition) is 2. The number of halogens is 1. The van der Waals surface area contributed by atoms with E-state index in [0.29, 0.717) is 60.4 Å². The fourth-order valence-electron chi connectivity index (χ4n) is 5.16. The molecule has 4 aromatic rings. The van der Waals surface area contributed by atoms with Crippen LogP contribution >= 0.6 is 22.9 Å². The van der Waals surface area contributed by atoms with Crippen LogP contribution in [0.2, 0.25) is 5.02 Å². The van der Waals surface area contributed by atoms with Gasteiger partial charge in [-0.15, -0.1) is 11.3 Å². The van der Waals surface area contributed by atoms with Crippen LogP contribution in [-0.2, 0) is 12.8 Å². The molecule has 0 radical (unpaired) electrons. The molecule has 0 saturated carbocycles. The Hall–Kier alpha value is -3.46. The average Bonchev–Trinajstić information content (AvgIpc) is 3.43. The molecule has 5 rings (SSSR count). The number of hydrogen-bond acceptors (Lipinski definition) is 6. The number of carbonyl (C=O) groups is 1. The SMILES string of the molecule is CCc1cccc(CC)c1-n1c(C)c(C(=O)N2CCNCC2)c(O)c(-c2nc(-c3ccc(Cl)cc3)cs2)c1=O. The van der Waals surface area contributed by atoms with Crippen molar-refractivity contribution >= 4 is 28.8 Å². The van der Waals surface area contributed by atoms with Gasteiger partial charge in [-0.05, 0) is 43.0 Å². The van der Waals surface area contributed by atoms with Crippen LogP contribution in [0, 0.1) is 6.92 Å². The number of carbonyl (C=O) groups excluding carboxylic acids is 1. The molecular weight excluding hydrogens is 532 g/mol. The normalized spacial score (nSPS) is 13.6. The third-order valence-electron chi connectivity index (χ3n) is 7.25. The van der Waals surface area contributed by atoms with Crippen molar-refractivity contribution in [3.8, 4) is 33.3 Å². The van der Waals surface area contributed by atoms with E-state index in [4.69, 9.17) is 16.6 Å². The number of thiazole rings is 1. The van der Waals surface area contributed by atoms with Gasteiger partial charge in [0.15, 0.2) is 0 Å². The first-order chi connectivity index (χ1) is 18.8. The summed E-state index contributed by atoms with van der Waals surface area (Å²) in [6.45, 7) is 8.23. The smallest absolute Gasteiger partial charge is 0.269 e. The largest absolute Gasteiger partial charge is 0.506 e. The van der Waals surface area contributed by atoms with Gasteiger partial charge in [0, 0.05) is 47.8 Å². The number of aromatic hydroxyl groups is 1. The topological polar surface area (TPSA) is 87.5 Å². The second kappa shape index (κ2) is 11.3. The second-order valence-electron chi connectivity index (χ2n) is 9.54. The Morgan fingerprint density at radius 3 is 2.33 bits per heavy atom. The summed E-state index contributed by atoms with van der Waals surface area (Å²) in [5.41, 5.74) is 4.49. The van der Waals surface area contributed by atoms with Crippen LogP contribution in [0.1, 0.15) is 41.0 Å². The monoisotopic (exact) mass is 562 g/mol. The van der Waals surface area contributed by atoms with Crippen LogP contribution in [0.4, 0.5) is 0 Å². The van der Waals surface area contributed by atoms with Gasteiger partial charge in [0.25, 0.3) is 11.5 Å². The lowest BCUT2D eigenvalue weighted by Gasteiger charge is -2.29. The molecule has 7 nitrogen and oxygen atoms in total. The zero-order valence-electron chi connectivity index (χ0n) is 22.3. The molecule has 2 aromatic heterocycles. The lowest BCUT2D eigenvalue weighted by molar-refractivity contribution is 0.0731. The number of nitrogens with zero attached hydrogens (tertiary/aromatic N) is 3. The van der Waals surface area contributed by atoms with Crippen LogP contribution in [0.5, 0.6) is 5.75 Å². The third-order valence-corrected chi connectivity index (χ3v) is 8.36. The first-order valence-electron chi connectivity index (χ1n) is 13.2. The predicted octanol–water partition coefficient (Wildman–Crippen LogP) is 5.47. The number of para-hydroxylation sites is 1. The molecule has 1 fully saturated rings. The summed E-state index contributed by atoms with van der Waals surface area (Å²) in [5.74, 6) is -0.607. The molecule has 1 aliphatic heterocycles. The molecule has 0 atom stereocenters. The van der Waals surface area contributed by atoms with Crippen LogP contribution in [0.25, 0.3) is 27.5 Å². The number of pyridine rings is 1. The highest BCUT2D eigenvalue weighted by Crippen LogP contribution is 2.37. The van der Waals surface area contributed by atoms with Gasteiger partial charge in [0.1, 0.15) is 21.9 Å². The van der Waals surface area contributed by atoms with Crippen LogP contribution < -0.4 is 10.9 Å². The van der Waals surface area contributed by atoms with E-state index >= 15 is 0 Å². The highest BCUT2D eigenvalue weighted by Gasteiger charge is 2.31. The molecule has 0 aliphatic carbocycles. The summed E-state index contributed by atoms with van der Waals surface area (Å²) < 4.78 is 1.62. The minimum absolute atomic E-state index is 0.0391. The first kappa shape index (κ1) is 27.1. The van der Waals surface area contributed by atoms with Gasteiger partial charge < -0.3 is 15.3 Å². The van der Waals surface area contributed by atoms with Crippen molar-refractivity contribution in [3.05, 3.63) is 85.6 Å². The Balaban J connectivity index is 1.78. The predicted molar refractivity (Wildman–Crippen MR) is 158 cm³/mol. The number of aryl methyl sites for hydroxylation is 2.